The Balaban J connectivity index is 1.66. The van der Waals surface area contributed by atoms with Gasteiger partial charge in [0.05, 0.1) is 12.1 Å². The van der Waals surface area contributed by atoms with Crippen molar-refractivity contribution in [1.29, 1.82) is 0 Å². The van der Waals surface area contributed by atoms with Crippen molar-refractivity contribution in [2.75, 3.05) is 0 Å². The Morgan fingerprint density at radius 3 is 2.76 bits per heavy atom. The highest BCUT2D eigenvalue weighted by Gasteiger charge is 2.09. The van der Waals surface area contributed by atoms with Gasteiger partial charge in [-0.15, -0.1) is 11.3 Å². The molecular formula is C16H12BrNOS2. The second kappa shape index (κ2) is 6.56. The molecule has 0 bridgehead atoms. The van der Waals surface area contributed by atoms with Gasteiger partial charge < -0.3 is 5.32 Å². The van der Waals surface area contributed by atoms with Gasteiger partial charge in [0.15, 0.2) is 0 Å². The third-order valence-electron chi connectivity index (χ3n) is 3.05. The van der Waals surface area contributed by atoms with Crippen molar-refractivity contribution in [1.82, 2.24) is 5.32 Å². The van der Waals surface area contributed by atoms with Crippen LogP contribution in [0.5, 0.6) is 0 Å². The summed E-state index contributed by atoms with van der Waals surface area (Å²) in [5.74, 6) is -0.0621. The Morgan fingerprint density at radius 1 is 1.14 bits per heavy atom. The molecule has 0 fully saturated rings. The summed E-state index contributed by atoms with van der Waals surface area (Å²) in [4.78, 5) is 13.3. The second-order valence-corrected chi connectivity index (χ2v) is 7.11. The molecule has 2 nitrogen and oxygen atoms in total. The number of rotatable bonds is 4. The molecule has 0 spiro atoms. The molecule has 3 aromatic rings. The van der Waals surface area contributed by atoms with Crippen LogP contribution < -0.4 is 5.32 Å². The van der Waals surface area contributed by atoms with E-state index in [1.165, 1.54) is 11.1 Å². The fourth-order valence-corrected chi connectivity index (χ4v) is 3.92. The molecule has 0 saturated heterocycles. The van der Waals surface area contributed by atoms with E-state index in [9.17, 15) is 4.79 Å². The van der Waals surface area contributed by atoms with E-state index in [1.54, 1.807) is 22.7 Å². The Bertz CT molecular complexity index is 749. The van der Waals surface area contributed by atoms with E-state index in [4.69, 9.17) is 0 Å². The maximum absolute atomic E-state index is 12.1. The minimum Gasteiger partial charge on any atom is -0.347 e. The van der Waals surface area contributed by atoms with Gasteiger partial charge in [0, 0.05) is 9.35 Å². The molecule has 5 heteroatoms. The van der Waals surface area contributed by atoms with Gasteiger partial charge >= 0.3 is 0 Å². The van der Waals surface area contributed by atoms with Crippen molar-refractivity contribution >= 4 is 44.5 Å². The number of amides is 1. The third-order valence-corrected chi connectivity index (χ3v) is 5.36. The van der Waals surface area contributed by atoms with Crippen LogP contribution >= 0.6 is 38.6 Å². The molecular weight excluding hydrogens is 366 g/mol. The summed E-state index contributed by atoms with van der Waals surface area (Å²) in [6, 6.07) is 11.7. The van der Waals surface area contributed by atoms with Gasteiger partial charge in [0.25, 0.3) is 5.91 Å². The number of carbonyl (C=O) groups is 1. The maximum atomic E-state index is 12.1. The van der Waals surface area contributed by atoms with Gasteiger partial charge in [-0.2, -0.15) is 11.3 Å². The molecule has 106 valence electrons. The number of nitrogens with one attached hydrogen (secondary N) is 1. The van der Waals surface area contributed by atoms with Crippen molar-refractivity contribution in [3.05, 3.63) is 67.5 Å². The van der Waals surface area contributed by atoms with E-state index in [2.05, 4.69) is 49.5 Å². The van der Waals surface area contributed by atoms with Crippen LogP contribution in [0.2, 0.25) is 0 Å². The average Bonchev–Trinajstić information content (AvgIpc) is 3.16. The first-order chi connectivity index (χ1) is 10.2. The summed E-state index contributed by atoms with van der Waals surface area (Å²) in [5, 5.41) is 9.29. The topological polar surface area (TPSA) is 29.1 Å². The molecule has 0 radical (unpaired) electrons. The fourth-order valence-electron chi connectivity index (χ4n) is 1.96. The van der Waals surface area contributed by atoms with E-state index >= 15 is 0 Å². The normalized spacial score (nSPS) is 10.5. The van der Waals surface area contributed by atoms with Crippen LogP contribution in [0.25, 0.3) is 11.1 Å². The zero-order chi connectivity index (χ0) is 14.7. The molecule has 1 amide bonds. The Hall–Kier alpha value is -1.43. The van der Waals surface area contributed by atoms with Crippen LogP contribution in [0.4, 0.5) is 0 Å². The first-order valence-corrected chi connectivity index (χ1v) is 8.98. The highest BCUT2D eigenvalue weighted by molar-refractivity contribution is 9.10. The SMILES string of the molecule is O=C(NCc1cc(-c2ccsc2)cs1)c1ccccc1Br. The van der Waals surface area contributed by atoms with Crippen molar-refractivity contribution in [3.8, 4) is 11.1 Å². The van der Waals surface area contributed by atoms with E-state index in [0.717, 1.165) is 9.35 Å². The van der Waals surface area contributed by atoms with Crippen molar-refractivity contribution in [2.45, 2.75) is 6.54 Å². The molecule has 3 rings (SSSR count). The average molecular weight is 378 g/mol. The predicted molar refractivity (Wildman–Crippen MR) is 92.9 cm³/mol. The number of thiophene rings is 2. The molecule has 0 aliphatic carbocycles. The number of hydrogen-bond donors (Lipinski definition) is 1. The van der Waals surface area contributed by atoms with Crippen LogP contribution in [-0.4, -0.2) is 5.91 Å². The summed E-state index contributed by atoms with van der Waals surface area (Å²) in [7, 11) is 0. The van der Waals surface area contributed by atoms with Gasteiger partial charge in [-0.25, -0.2) is 0 Å². The number of carbonyl (C=O) groups excluding carboxylic acids is 1. The first kappa shape index (κ1) is 14.5. The van der Waals surface area contributed by atoms with Crippen LogP contribution in [0.3, 0.4) is 0 Å². The zero-order valence-corrected chi connectivity index (χ0v) is 14.2. The maximum Gasteiger partial charge on any atom is 0.252 e. The van der Waals surface area contributed by atoms with Crippen molar-refractivity contribution < 1.29 is 4.79 Å². The lowest BCUT2D eigenvalue weighted by Gasteiger charge is -2.05. The quantitative estimate of drug-likeness (QED) is 0.667. The molecule has 1 aromatic carbocycles. The third kappa shape index (κ3) is 3.43. The van der Waals surface area contributed by atoms with Gasteiger partial charge in [-0.1, -0.05) is 12.1 Å². The molecule has 0 atom stereocenters. The Kier molecular flexibility index (Phi) is 4.53. The highest BCUT2D eigenvalue weighted by atomic mass is 79.9. The van der Waals surface area contributed by atoms with Gasteiger partial charge in [-0.3, -0.25) is 4.79 Å². The minimum atomic E-state index is -0.0621. The van der Waals surface area contributed by atoms with Gasteiger partial charge in [-0.05, 0) is 67.5 Å². The standard InChI is InChI=1S/C16H12BrNOS2/c17-15-4-2-1-3-14(15)16(19)18-8-13-7-12(10-21-13)11-5-6-20-9-11/h1-7,9-10H,8H2,(H,18,19). The summed E-state index contributed by atoms with van der Waals surface area (Å²) in [6.07, 6.45) is 0. The van der Waals surface area contributed by atoms with Crippen molar-refractivity contribution in [3.63, 3.8) is 0 Å². The largest absolute Gasteiger partial charge is 0.347 e. The second-order valence-electron chi connectivity index (χ2n) is 4.48. The van der Waals surface area contributed by atoms with Gasteiger partial charge in [0.2, 0.25) is 0 Å². The Morgan fingerprint density at radius 2 is 2.00 bits per heavy atom. The molecule has 0 unspecified atom stereocenters. The number of halogens is 1. The highest BCUT2D eigenvalue weighted by Crippen LogP contribution is 2.27. The van der Waals surface area contributed by atoms with E-state index < -0.39 is 0 Å². The van der Waals surface area contributed by atoms with E-state index in [-0.39, 0.29) is 5.91 Å². The Labute approximate surface area is 139 Å². The summed E-state index contributed by atoms with van der Waals surface area (Å²) >= 11 is 6.75. The fraction of sp³-hybridized carbons (Fsp3) is 0.0625. The first-order valence-electron chi connectivity index (χ1n) is 6.37. The van der Waals surface area contributed by atoms with Crippen LogP contribution in [-0.2, 0) is 6.54 Å². The summed E-state index contributed by atoms with van der Waals surface area (Å²) in [6.45, 7) is 0.551. The predicted octanol–water partition coefficient (Wildman–Crippen LogP) is 5.17. The monoisotopic (exact) mass is 377 g/mol. The lowest BCUT2D eigenvalue weighted by atomic mass is 10.2. The zero-order valence-electron chi connectivity index (χ0n) is 11.0. The molecule has 0 saturated carbocycles. The summed E-state index contributed by atoms with van der Waals surface area (Å²) < 4.78 is 0.813. The molecule has 1 N–H and O–H groups in total. The van der Waals surface area contributed by atoms with E-state index in [0.29, 0.717) is 12.1 Å². The van der Waals surface area contributed by atoms with Crippen LogP contribution in [0, 0.1) is 0 Å². The van der Waals surface area contributed by atoms with Crippen LogP contribution in [0.1, 0.15) is 15.2 Å². The molecule has 0 aliphatic rings. The molecule has 0 aliphatic heterocycles. The number of hydrogen-bond acceptors (Lipinski definition) is 3. The van der Waals surface area contributed by atoms with E-state index in [1.807, 2.05) is 24.3 Å². The smallest absolute Gasteiger partial charge is 0.252 e. The molecule has 2 heterocycles. The molecule has 2 aromatic heterocycles. The lowest BCUT2D eigenvalue weighted by Crippen LogP contribution is -2.22. The minimum absolute atomic E-state index is 0.0621. The van der Waals surface area contributed by atoms with Crippen LogP contribution in [0.15, 0.2) is 57.0 Å². The molecule has 21 heavy (non-hydrogen) atoms. The number of benzene rings is 1. The van der Waals surface area contributed by atoms with Crippen molar-refractivity contribution in [2.24, 2.45) is 0 Å². The lowest BCUT2D eigenvalue weighted by molar-refractivity contribution is 0.0950. The summed E-state index contributed by atoms with van der Waals surface area (Å²) in [5.41, 5.74) is 3.11. The van der Waals surface area contributed by atoms with Gasteiger partial charge in [0.1, 0.15) is 0 Å².